The summed E-state index contributed by atoms with van der Waals surface area (Å²) in [6, 6.07) is 11.9. The van der Waals surface area contributed by atoms with Crippen LogP contribution in [-0.4, -0.2) is 45.4 Å². The highest BCUT2D eigenvalue weighted by atomic mass is 32.2. The number of benzene rings is 2. The number of hydrogen-bond acceptors (Lipinski definition) is 4. The van der Waals surface area contributed by atoms with Gasteiger partial charge in [-0.25, -0.2) is 12.8 Å². The van der Waals surface area contributed by atoms with Crippen molar-refractivity contribution in [2.45, 2.75) is 11.3 Å². The van der Waals surface area contributed by atoms with Crippen LogP contribution in [0.3, 0.4) is 0 Å². The second-order valence-corrected chi connectivity index (χ2v) is 8.28. The molecule has 5 nitrogen and oxygen atoms in total. The topological polar surface area (TPSA) is 52.7 Å². The van der Waals surface area contributed by atoms with E-state index in [-0.39, 0.29) is 5.82 Å². The van der Waals surface area contributed by atoms with Gasteiger partial charge in [0.25, 0.3) is 0 Å². The largest absolute Gasteiger partial charge is 0.384 e. The van der Waals surface area contributed by atoms with E-state index in [9.17, 15) is 12.8 Å². The second kappa shape index (κ2) is 6.31. The number of fused-ring (bicyclic) bond motifs is 1. The Morgan fingerprint density at radius 3 is 2.52 bits per heavy atom. The summed E-state index contributed by atoms with van der Waals surface area (Å²) in [5.41, 5.74) is 2.59. The fourth-order valence-corrected chi connectivity index (χ4v) is 4.94. The number of sulfonamides is 1. The summed E-state index contributed by atoms with van der Waals surface area (Å²) < 4.78 is 41.2. The Morgan fingerprint density at radius 1 is 1.00 bits per heavy atom. The van der Waals surface area contributed by atoms with Gasteiger partial charge in [0, 0.05) is 38.4 Å². The number of nitrogens with one attached hydrogen (secondary N) is 1. The smallest absolute Gasteiger partial charge is 0.243 e. The number of rotatable bonds is 3. The molecule has 0 bridgehead atoms. The Balaban J connectivity index is 1.51. The van der Waals surface area contributed by atoms with Crippen LogP contribution in [0, 0.1) is 5.82 Å². The molecule has 0 atom stereocenters. The third-order valence-electron chi connectivity index (χ3n) is 4.86. The van der Waals surface area contributed by atoms with E-state index >= 15 is 0 Å². The van der Waals surface area contributed by atoms with Crippen molar-refractivity contribution in [3.8, 4) is 0 Å². The van der Waals surface area contributed by atoms with Gasteiger partial charge in [-0.1, -0.05) is 12.1 Å². The molecule has 0 saturated carbocycles. The summed E-state index contributed by atoms with van der Waals surface area (Å²) in [4.78, 5) is 2.24. The number of para-hydroxylation sites is 1. The molecule has 0 spiro atoms. The Bertz CT molecular complexity index is 893. The van der Waals surface area contributed by atoms with Crippen molar-refractivity contribution >= 4 is 21.4 Å². The Morgan fingerprint density at radius 2 is 1.76 bits per heavy atom. The summed E-state index contributed by atoms with van der Waals surface area (Å²) in [6.45, 7) is 2.51. The first-order chi connectivity index (χ1) is 12.1. The molecule has 7 heteroatoms. The molecular weight excluding hydrogens is 341 g/mol. The van der Waals surface area contributed by atoms with Gasteiger partial charge in [-0.2, -0.15) is 4.31 Å². The second-order valence-electron chi connectivity index (χ2n) is 6.34. The zero-order valence-electron chi connectivity index (χ0n) is 13.8. The maximum absolute atomic E-state index is 13.9. The summed E-state index contributed by atoms with van der Waals surface area (Å²) in [5, 5.41) is 3.24. The minimum absolute atomic E-state index is 0.273. The monoisotopic (exact) mass is 361 g/mol. The summed E-state index contributed by atoms with van der Waals surface area (Å²) in [6.07, 6.45) is 0.847. The summed E-state index contributed by atoms with van der Waals surface area (Å²) in [5.74, 6) is -0.273. The molecule has 4 rings (SSSR count). The SMILES string of the molecule is O=S(=O)(c1ccc2c(c1)CCN2)N1CCN(c2ccccc2F)CC1. The van der Waals surface area contributed by atoms with Crippen molar-refractivity contribution < 1.29 is 12.8 Å². The van der Waals surface area contributed by atoms with Gasteiger partial charge in [0.15, 0.2) is 0 Å². The van der Waals surface area contributed by atoms with Gasteiger partial charge in [-0.3, -0.25) is 0 Å². The quantitative estimate of drug-likeness (QED) is 0.912. The fourth-order valence-electron chi connectivity index (χ4n) is 3.47. The lowest BCUT2D eigenvalue weighted by molar-refractivity contribution is 0.383. The Hall–Kier alpha value is -2.12. The molecule has 2 heterocycles. The van der Waals surface area contributed by atoms with Gasteiger partial charge in [0.2, 0.25) is 10.0 Å². The van der Waals surface area contributed by atoms with Crippen LogP contribution < -0.4 is 10.2 Å². The van der Waals surface area contributed by atoms with Gasteiger partial charge in [0.1, 0.15) is 5.82 Å². The van der Waals surface area contributed by atoms with E-state index in [1.165, 1.54) is 10.4 Å². The standard InChI is InChI=1S/C18H20FN3O2S/c19-16-3-1-2-4-18(16)21-9-11-22(12-10-21)25(23,24)15-5-6-17-14(13-15)7-8-20-17/h1-6,13,20H,7-12H2. The highest BCUT2D eigenvalue weighted by molar-refractivity contribution is 7.89. The predicted molar refractivity (Wildman–Crippen MR) is 96.0 cm³/mol. The molecule has 2 aromatic rings. The molecule has 0 aromatic heterocycles. The van der Waals surface area contributed by atoms with Gasteiger partial charge < -0.3 is 10.2 Å². The lowest BCUT2D eigenvalue weighted by Gasteiger charge is -2.35. The van der Waals surface area contributed by atoms with E-state index in [2.05, 4.69) is 5.32 Å². The first-order valence-corrected chi connectivity index (χ1v) is 9.86. The van der Waals surface area contributed by atoms with Crippen LogP contribution in [0.4, 0.5) is 15.8 Å². The van der Waals surface area contributed by atoms with Crippen molar-refractivity contribution in [3.63, 3.8) is 0 Å². The zero-order valence-corrected chi connectivity index (χ0v) is 14.6. The lowest BCUT2D eigenvalue weighted by atomic mass is 10.2. The van der Waals surface area contributed by atoms with E-state index in [1.807, 2.05) is 11.0 Å². The molecule has 132 valence electrons. The molecule has 25 heavy (non-hydrogen) atoms. The molecule has 0 radical (unpaired) electrons. The highest BCUT2D eigenvalue weighted by Crippen LogP contribution is 2.28. The average molecular weight is 361 g/mol. The normalized spacial score (nSPS) is 18.0. The van der Waals surface area contributed by atoms with Crippen molar-refractivity contribution in [2.75, 3.05) is 42.9 Å². The number of nitrogens with zero attached hydrogens (tertiary/aromatic N) is 2. The van der Waals surface area contributed by atoms with E-state index in [0.717, 1.165) is 24.2 Å². The third kappa shape index (κ3) is 2.98. The van der Waals surface area contributed by atoms with Crippen molar-refractivity contribution in [1.29, 1.82) is 0 Å². The van der Waals surface area contributed by atoms with Crippen molar-refractivity contribution in [2.24, 2.45) is 0 Å². The number of piperazine rings is 1. The van der Waals surface area contributed by atoms with Gasteiger partial charge in [0.05, 0.1) is 10.6 Å². The maximum Gasteiger partial charge on any atom is 0.243 e. The Labute approximate surface area is 147 Å². The average Bonchev–Trinajstić information content (AvgIpc) is 3.10. The number of hydrogen-bond donors (Lipinski definition) is 1. The number of halogens is 1. The van der Waals surface area contributed by atoms with Crippen LogP contribution >= 0.6 is 0 Å². The molecule has 2 aliphatic heterocycles. The van der Waals surface area contributed by atoms with Crippen LogP contribution in [-0.2, 0) is 16.4 Å². The van der Waals surface area contributed by atoms with Crippen LogP contribution in [0.25, 0.3) is 0 Å². The molecule has 1 saturated heterocycles. The number of anilines is 2. The third-order valence-corrected chi connectivity index (χ3v) is 6.75. The zero-order chi connectivity index (χ0) is 17.4. The molecule has 1 fully saturated rings. The first-order valence-electron chi connectivity index (χ1n) is 8.42. The molecule has 0 unspecified atom stereocenters. The summed E-state index contributed by atoms with van der Waals surface area (Å²) in [7, 11) is -3.51. The minimum atomic E-state index is -3.51. The van der Waals surface area contributed by atoms with Crippen LogP contribution in [0.15, 0.2) is 47.4 Å². The molecule has 0 aliphatic carbocycles. The Kier molecular flexibility index (Phi) is 4.13. The molecular formula is C18H20FN3O2S. The van der Waals surface area contributed by atoms with E-state index in [4.69, 9.17) is 0 Å². The van der Waals surface area contributed by atoms with E-state index < -0.39 is 10.0 Å². The van der Waals surface area contributed by atoms with Gasteiger partial charge >= 0.3 is 0 Å². The van der Waals surface area contributed by atoms with Crippen LogP contribution in [0.1, 0.15) is 5.56 Å². The molecule has 1 N–H and O–H groups in total. The maximum atomic E-state index is 13.9. The predicted octanol–water partition coefficient (Wildman–Crippen LogP) is 2.30. The van der Waals surface area contributed by atoms with Crippen LogP contribution in [0.5, 0.6) is 0 Å². The highest BCUT2D eigenvalue weighted by Gasteiger charge is 2.30. The van der Waals surface area contributed by atoms with E-state index in [1.54, 1.807) is 30.3 Å². The molecule has 0 amide bonds. The van der Waals surface area contributed by atoms with Crippen LogP contribution in [0.2, 0.25) is 0 Å². The molecule has 2 aromatic carbocycles. The van der Waals surface area contributed by atoms with Gasteiger partial charge in [-0.15, -0.1) is 0 Å². The van der Waals surface area contributed by atoms with Crippen molar-refractivity contribution in [3.05, 3.63) is 53.8 Å². The first kappa shape index (κ1) is 16.4. The fraction of sp³-hybridized carbons (Fsp3) is 0.333. The molecule has 2 aliphatic rings. The van der Waals surface area contributed by atoms with Gasteiger partial charge in [-0.05, 0) is 42.3 Å². The summed E-state index contributed by atoms with van der Waals surface area (Å²) >= 11 is 0. The minimum Gasteiger partial charge on any atom is -0.384 e. The van der Waals surface area contributed by atoms with E-state index in [0.29, 0.717) is 36.8 Å². The van der Waals surface area contributed by atoms with Crippen molar-refractivity contribution in [1.82, 2.24) is 4.31 Å². The lowest BCUT2D eigenvalue weighted by Crippen LogP contribution is -2.48.